The summed E-state index contributed by atoms with van der Waals surface area (Å²) in [6.07, 6.45) is 0.855. The Morgan fingerprint density at radius 1 is 1.08 bits per heavy atom. The summed E-state index contributed by atoms with van der Waals surface area (Å²) in [6, 6.07) is 0. The van der Waals surface area contributed by atoms with E-state index in [1.54, 1.807) is 0 Å². The average Bonchev–Trinajstić information content (AvgIpc) is 1.79. The molecule has 0 heterocycles. The van der Waals surface area contributed by atoms with E-state index in [9.17, 15) is 0 Å². The summed E-state index contributed by atoms with van der Waals surface area (Å²) in [5, 5.41) is 8.33. The molecule has 0 spiro atoms. The van der Waals surface area contributed by atoms with Crippen LogP contribution in [0.4, 0.5) is 0 Å². The standard InChI is InChI=1S/C10H21ClN2/c1-8(2)7-10(6,11)13-12-9(3,4)5/h8H,7H2,1-6H3/b13-12+. The zero-order valence-electron chi connectivity index (χ0n) is 9.56. The van der Waals surface area contributed by atoms with E-state index in [-0.39, 0.29) is 5.54 Å². The number of hydrogen-bond donors (Lipinski definition) is 0. The molecule has 13 heavy (non-hydrogen) atoms. The van der Waals surface area contributed by atoms with Gasteiger partial charge >= 0.3 is 0 Å². The lowest BCUT2D eigenvalue weighted by Crippen LogP contribution is -2.18. The van der Waals surface area contributed by atoms with Crippen LogP contribution in [0.3, 0.4) is 0 Å². The maximum Gasteiger partial charge on any atom is 0.152 e. The molecule has 2 nitrogen and oxygen atoms in total. The molecule has 0 amide bonds. The topological polar surface area (TPSA) is 24.7 Å². The van der Waals surface area contributed by atoms with E-state index in [1.807, 2.05) is 27.7 Å². The number of alkyl halides is 1. The van der Waals surface area contributed by atoms with Crippen LogP contribution < -0.4 is 0 Å². The van der Waals surface area contributed by atoms with Crippen LogP contribution in [-0.2, 0) is 0 Å². The Kier molecular flexibility index (Phi) is 4.37. The zero-order chi connectivity index (χ0) is 10.7. The summed E-state index contributed by atoms with van der Waals surface area (Å²) in [4.78, 5) is -0.540. The molecule has 0 aromatic rings. The lowest BCUT2D eigenvalue weighted by molar-refractivity contribution is 0.434. The van der Waals surface area contributed by atoms with Crippen molar-refractivity contribution in [2.24, 2.45) is 16.1 Å². The Labute approximate surface area is 86.8 Å². The van der Waals surface area contributed by atoms with Crippen molar-refractivity contribution in [1.82, 2.24) is 0 Å². The summed E-state index contributed by atoms with van der Waals surface area (Å²) in [6.45, 7) is 12.2. The van der Waals surface area contributed by atoms with Gasteiger partial charge in [-0.1, -0.05) is 25.4 Å². The highest BCUT2D eigenvalue weighted by atomic mass is 35.5. The van der Waals surface area contributed by atoms with Gasteiger partial charge in [0.2, 0.25) is 0 Å². The highest BCUT2D eigenvalue weighted by Gasteiger charge is 2.22. The first-order chi connectivity index (χ1) is 5.62. The summed E-state index contributed by atoms with van der Waals surface area (Å²) >= 11 is 6.18. The largest absolute Gasteiger partial charge is 0.187 e. The van der Waals surface area contributed by atoms with Crippen LogP contribution in [0.15, 0.2) is 10.2 Å². The third-order valence-corrected chi connectivity index (χ3v) is 1.57. The Hall–Kier alpha value is -0.110. The Morgan fingerprint density at radius 2 is 1.54 bits per heavy atom. The fourth-order valence-corrected chi connectivity index (χ4v) is 1.39. The number of nitrogens with zero attached hydrogens (tertiary/aromatic N) is 2. The molecule has 1 atom stereocenters. The van der Waals surface area contributed by atoms with Crippen LogP contribution in [0.25, 0.3) is 0 Å². The van der Waals surface area contributed by atoms with E-state index < -0.39 is 5.00 Å². The number of halogens is 1. The SMILES string of the molecule is CC(C)CC(C)(Cl)/N=N/C(C)(C)C. The van der Waals surface area contributed by atoms with Crippen LogP contribution in [0.1, 0.15) is 48.0 Å². The Balaban J connectivity index is 4.24. The predicted molar refractivity (Wildman–Crippen MR) is 58.3 cm³/mol. The quantitative estimate of drug-likeness (QED) is 0.373. The molecule has 0 aromatic heterocycles. The molecule has 1 unspecified atom stereocenters. The summed E-state index contributed by atoms with van der Waals surface area (Å²) in [5.41, 5.74) is -0.132. The third kappa shape index (κ3) is 8.23. The highest BCUT2D eigenvalue weighted by Crippen LogP contribution is 2.27. The monoisotopic (exact) mass is 204 g/mol. The minimum absolute atomic E-state index is 0.132. The van der Waals surface area contributed by atoms with Gasteiger partial charge in [-0.25, -0.2) is 0 Å². The fourth-order valence-electron chi connectivity index (χ4n) is 1.04. The molecule has 0 radical (unpaired) electrons. The van der Waals surface area contributed by atoms with Gasteiger partial charge in [-0.3, -0.25) is 0 Å². The second-order valence-electron chi connectivity index (χ2n) is 5.11. The van der Waals surface area contributed by atoms with E-state index in [1.165, 1.54) is 0 Å². The minimum atomic E-state index is -0.540. The second-order valence-corrected chi connectivity index (χ2v) is 5.93. The molecule has 0 saturated heterocycles. The summed E-state index contributed by atoms with van der Waals surface area (Å²) in [7, 11) is 0. The molecular formula is C10H21ClN2. The van der Waals surface area contributed by atoms with Crippen molar-refractivity contribution in [2.45, 2.75) is 58.5 Å². The summed E-state index contributed by atoms with van der Waals surface area (Å²) in [5.74, 6) is 0.543. The predicted octanol–water partition coefficient (Wildman–Crippen LogP) is 4.24. The molecule has 0 aliphatic heterocycles. The van der Waals surface area contributed by atoms with Gasteiger partial charge < -0.3 is 0 Å². The number of rotatable bonds is 3. The first-order valence-electron chi connectivity index (χ1n) is 4.75. The normalized spacial score (nSPS) is 18.2. The van der Waals surface area contributed by atoms with Crippen LogP contribution in [0, 0.1) is 5.92 Å². The number of azo groups is 1. The molecule has 0 N–H and O–H groups in total. The average molecular weight is 205 g/mol. The van der Waals surface area contributed by atoms with Gasteiger partial charge in [0.15, 0.2) is 5.00 Å². The van der Waals surface area contributed by atoms with Gasteiger partial charge in [-0.2, -0.15) is 10.2 Å². The van der Waals surface area contributed by atoms with Crippen molar-refractivity contribution in [3.8, 4) is 0 Å². The minimum Gasteiger partial charge on any atom is -0.187 e. The Morgan fingerprint density at radius 3 is 1.85 bits per heavy atom. The van der Waals surface area contributed by atoms with Crippen molar-refractivity contribution in [3.63, 3.8) is 0 Å². The maximum absolute atomic E-state index is 6.18. The van der Waals surface area contributed by atoms with Crippen LogP contribution in [-0.4, -0.2) is 10.5 Å². The molecule has 0 aliphatic carbocycles. The van der Waals surface area contributed by atoms with Gasteiger partial charge in [-0.05, 0) is 40.0 Å². The molecule has 0 bridgehead atoms. The molecule has 0 saturated carbocycles. The van der Waals surface area contributed by atoms with E-state index >= 15 is 0 Å². The Bertz CT molecular complexity index is 178. The molecule has 0 aliphatic rings. The third-order valence-electron chi connectivity index (χ3n) is 1.34. The highest BCUT2D eigenvalue weighted by molar-refractivity contribution is 6.23. The summed E-state index contributed by atoms with van der Waals surface area (Å²) < 4.78 is 0. The van der Waals surface area contributed by atoms with Gasteiger partial charge in [-0.15, -0.1) is 0 Å². The maximum atomic E-state index is 6.18. The molecule has 0 aromatic carbocycles. The van der Waals surface area contributed by atoms with Crippen LogP contribution in [0.5, 0.6) is 0 Å². The first kappa shape index (κ1) is 12.9. The molecule has 3 heteroatoms. The smallest absolute Gasteiger partial charge is 0.152 e. The first-order valence-corrected chi connectivity index (χ1v) is 5.13. The van der Waals surface area contributed by atoms with Crippen molar-refractivity contribution in [1.29, 1.82) is 0 Å². The van der Waals surface area contributed by atoms with E-state index in [0.29, 0.717) is 5.92 Å². The lowest BCUT2D eigenvalue weighted by atomic mass is 10.1. The molecular weight excluding hydrogens is 184 g/mol. The zero-order valence-corrected chi connectivity index (χ0v) is 10.3. The fraction of sp³-hybridized carbons (Fsp3) is 1.00. The van der Waals surface area contributed by atoms with Crippen molar-refractivity contribution in [3.05, 3.63) is 0 Å². The van der Waals surface area contributed by atoms with E-state index in [4.69, 9.17) is 11.6 Å². The van der Waals surface area contributed by atoms with Crippen molar-refractivity contribution < 1.29 is 0 Å². The number of hydrogen-bond acceptors (Lipinski definition) is 2. The van der Waals surface area contributed by atoms with Gasteiger partial charge in [0.1, 0.15) is 0 Å². The second kappa shape index (κ2) is 4.41. The van der Waals surface area contributed by atoms with Gasteiger partial charge in [0.05, 0.1) is 5.54 Å². The molecule has 0 fully saturated rings. The lowest BCUT2D eigenvalue weighted by Gasteiger charge is -2.20. The van der Waals surface area contributed by atoms with Crippen LogP contribution in [0.2, 0.25) is 0 Å². The molecule has 78 valence electrons. The van der Waals surface area contributed by atoms with E-state index in [2.05, 4.69) is 24.1 Å². The van der Waals surface area contributed by atoms with Crippen molar-refractivity contribution >= 4 is 11.6 Å². The van der Waals surface area contributed by atoms with Crippen LogP contribution >= 0.6 is 11.6 Å². The van der Waals surface area contributed by atoms with Gasteiger partial charge in [0, 0.05) is 0 Å². The van der Waals surface area contributed by atoms with E-state index in [0.717, 1.165) is 6.42 Å². The molecule has 0 rings (SSSR count). The van der Waals surface area contributed by atoms with Gasteiger partial charge in [0.25, 0.3) is 0 Å². The van der Waals surface area contributed by atoms with Crippen molar-refractivity contribution in [2.75, 3.05) is 0 Å².